The Hall–Kier alpha value is -2.43. The lowest BCUT2D eigenvalue weighted by molar-refractivity contribution is -0.131. The van der Waals surface area contributed by atoms with Crippen LogP contribution in [0, 0.1) is 0 Å². The Morgan fingerprint density at radius 2 is 1.83 bits per heavy atom. The van der Waals surface area contributed by atoms with Crippen molar-refractivity contribution >= 4 is 45.0 Å². The molecule has 0 saturated carbocycles. The number of aliphatic carboxylic acids is 1. The van der Waals surface area contributed by atoms with Crippen molar-refractivity contribution in [3.63, 3.8) is 0 Å². The van der Waals surface area contributed by atoms with Crippen molar-refractivity contribution in [2.24, 2.45) is 5.14 Å². The summed E-state index contributed by atoms with van der Waals surface area (Å²) in [6, 6.07) is 1.76. The molecule has 0 bridgehead atoms. The molecule has 0 aliphatic carbocycles. The third kappa shape index (κ3) is 5.36. The second-order valence-electron chi connectivity index (χ2n) is 4.17. The van der Waals surface area contributed by atoms with Crippen molar-refractivity contribution < 1.29 is 33.0 Å². The smallest absolute Gasteiger partial charge is 0.337 e. The fourth-order valence-corrected chi connectivity index (χ4v) is 2.60. The van der Waals surface area contributed by atoms with Crippen LogP contribution in [0.4, 0.5) is 5.69 Å². The lowest BCUT2D eigenvalue weighted by Crippen LogP contribution is -2.17. The van der Waals surface area contributed by atoms with E-state index in [2.05, 4.69) is 5.32 Å². The first-order chi connectivity index (χ1) is 10.5. The van der Waals surface area contributed by atoms with E-state index in [1.807, 2.05) is 0 Å². The Bertz CT molecular complexity index is 802. The van der Waals surface area contributed by atoms with Gasteiger partial charge in [-0.1, -0.05) is 11.6 Å². The number of hydrogen-bond acceptors (Lipinski definition) is 6. The summed E-state index contributed by atoms with van der Waals surface area (Å²) in [5, 5.41) is 24.5. The molecule has 1 rings (SSSR count). The SMILES string of the molecule is NS(=O)(=O)c1cc(C(=O)O)c(NCC(=O)C=CC(=O)O)cc1Cl. The Morgan fingerprint density at radius 1 is 1.22 bits per heavy atom. The predicted molar refractivity (Wildman–Crippen MR) is 80.1 cm³/mol. The number of sulfonamides is 1. The van der Waals surface area contributed by atoms with Gasteiger partial charge in [0.2, 0.25) is 10.0 Å². The lowest BCUT2D eigenvalue weighted by atomic mass is 10.1. The van der Waals surface area contributed by atoms with Gasteiger partial charge in [-0.2, -0.15) is 0 Å². The molecule has 1 aromatic carbocycles. The maximum atomic E-state index is 11.4. The molecule has 1 aromatic rings. The number of aromatic carboxylic acids is 1. The number of hydrogen-bond donors (Lipinski definition) is 4. The summed E-state index contributed by atoms with van der Waals surface area (Å²) in [5.41, 5.74) is -0.583. The quantitative estimate of drug-likeness (QED) is 0.503. The molecule has 0 saturated heterocycles. The van der Waals surface area contributed by atoms with Crippen molar-refractivity contribution in [1.82, 2.24) is 0 Å². The molecule has 0 aromatic heterocycles. The maximum absolute atomic E-state index is 11.4. The zero-order valence-corrected chi connectivity index (χ0v) is 12.9. The van der Waals surface area contributed by atoms with Crippen LogP contribution in [0.2, 0.25) is 5.02 Å². The minimum absolute atomic E-state index is 0.119. The number of rotatable bonds is 7. The summed E-state index contributed by atoms with van der Waals surface area (Å²) in [4.78, 5) is 32.3. The van der Waals surface area contributed by atoms with Crippen molar-refractivity contribution in [2.75, 3.05) is 11.9 Å². The van der Waals surface area contributed by atoms with Crippen LogP contribution >= 0.6 is 11.6 Å². The molecule has 0 spiro atoms. The highest BCUT2D eigenvalue weighted by atomic mass is 35.5. The fourth-order valence-electron chi connectivity index (χ4n) is 1.50. The largest absolute Gasteiger partial charge is 0.478 e. The van der Waals surface area contributed by atoms with Crippen molar-refractivity contribution in [2.45, 2.75) is 4.90 Å². The van der Waals surface area contributed by atoms with Gasteiger partial charge in [-0.15, -0.1) is 0 Å². The monoisotopic (exact) mass is 362 g/mol. The summed E-state index contributed by atoms with van der Waals surface area (Å²) in [6.45, 7) is -0.422. The molecule has 5 N–H and O–H groups in total. The first kappa shape index (κ1) is 18.6. The van der Waals surface area contributed by atoms with E-state index in [-0.39, 0.29) is 10.7 Å². The van der Waals surface area contributed by atoms with Gasteiger partial charge in [-0.25, -0.2) is 23.1 Å². The van der Waals surface area contributed by atoms with Crippen LogP contribution in [0.25, 0.3) is 0 Å². The highest BCUT2D eigenvalue weighted by molar-refractivity contribution is 7.89. The average Bonchev–Trinajstić information content (AvgIpc) is 2.40. The van der Waals surface area contributed by atoms with Crippen LogP contribution in [-0.2, 0) is 19.6 Å². The normalized spacial score (nSPS) is 11.4. The second-order valence-corrected chi connectivity index (χ2v) is 6.11. The number of halogens is 1. The standard InChI is InChI=1S/C12H11ClN2O7S/c13-8-4-9(15-5-6(16)1-2-11(17)18)7(12(19)20)3-10(8)23(14,21)22/h1-4,15H,5H2,(H,17,18)(H,19,20)(H2,14,21,22). The lowest BCUT2D eigenvalue weighted by Gasteiger charge is -2.11. The molecule has 0 radical (unpaired) electrons. The summed E-state index contributed by atoms with van der Waals surface area (Å²) >= 11 is 5.74. The van der Waals surface area contributed by atoms with Crippen molar-refractivity contribution in [1.29, 1.82) is 0 Å². The molecule has 23 heavy (non-hydrogen) atoms. The predicted octanol–water partition coefficient (Wildman–Crippen LogP) is 0.307. The van der Waals surface area contributed by atoms with Gasteiger partial charge in [0.05, 0.1) is 22.8 Å². The van der Waals surface area contributed by atoms with E-state index < -0.39 is 44.7 Å². The summed E-state index contributed by atoms with van der Waals surface area (Å²) in [5.74, 6) is -3.43. The van der Waals surface area contributed by atoms with E-state index >= 15 is 0 Å². The van der Waals surface area contributed by atoms with Gasteiger partial charge in [0.1, 0.15) is 4.90 Å². The van der Waals surface area contributed by atoms with E-state index in [1.165, 1.54) is 0 Å². The molecular formula is C12H11ClN2O7S. The van der Waals surface area contributed by atoms with Gasteiger partial charge in [-0.3, -0.25) is 4.79 Å². The first-order valence-corrected chi connectivity index (χ1v) is 7.72. The second kappa shape index (κ2) is 7.22. The number of carbonyl (C=O) groups excluding carboxylic acids is 1. The van der Waals surface area contributed by atoms with Crippen LogP contribution in [-0.4, -0.2) is 42.9 Å². The van der Waals surface area contributed by atoms with Crippen LogP contribution in [0.3, 0.4) is 0 Å². The van der Waals surface area contributed by atoms with Gasteiger partial charge in [0, 0.05) is 6.08 Å². The number of carboxylic acids is 2. The maximum Gasteiger partial charge on any atom is 0.337 e. The van der Waals surface area contributed by atoms with E-state index in [0.29, 0.717) is 6.08 Å². The molecule has 0 unspecified atom stereocenters. The van der Waals surface area contributed by atoms with Gasteiger partial charge in [0.15, 0.2) is 5.78 Å². The van der Waals surface area contributed by atoms with Crippen molar-refractivity contribution in [3.05, 3.63) is 34.9 Å². The molecule has 0 fully saturated rings. The minimum Gasteiger partial charge on any atom is -0.478 e. The Balaban J connectivity index is 3.12. The highest BCUT2D eigenvalue weighted by Gasteiger charge is 2.20. The van der Waals surface area contributed by atoms with Gasteiger partial charge >= 0.3 is 11.9 Å². The zero-order valence-electron chi connectivity index (χ0n) is 11.3. The molecule has 0 atom stereocenters. The number of anilines is 1. The number of nitrogens with two attached hydrogens (primary N) is 1. The zero-order chi connectivity index (χ0) is 17.8. The summed E-state index contributed by atoms with van der Waals surface area (Å²) < 4.78 is 22.6. The van der Waals surface area contributed by atoms with Crippen LogP contribution in [0.15, 0.2) is 29.2 Å². The number of benzene rings is 1. The van der Waals surface area contributed by atoms with Crippen LogP contribution in [0.5, 0.6) is 0 Å². The van der Waals surface area contributed by atoms with E-state index in [9.17, 15) is 22.8 Å². The van der Waals surface area contributed by atoms with Crippen LogP contribution < -0.4 is 10.5 Å². The highest BCUT2D eigenvalue weighted by Crippen LogP contribution is 2.28. The average molecular weight is 363 g/mol. The van der Waals surface area contributed by atoms with Crippen LogP contribution in [0.1, 0.15) is 10.4 Å². The van der Waals surface area contributed by atoms with E-state index in [1.54, 1.807) is 0 Å². The molecule has 0 aliphatic rings. The fraction of sp³-hybridized carbons (Fsp3) is 0.0833. The summed E-state index contributed by atoms with van der Waals surface area (Å²) in [6.07, 6.45) is 1.41. The van der Waals surface area contributed by atoms with E-state index in [0.717, 1.165) is 18.2 Å². The Labute approximate surface area is 135 Å². The third-order valence-corrected chi connectivity index (χ3v) is 3.85. The minimum atomic E-state index is -4.22. The number of nitrogens with one attached hydrogen (secondary N) is 1. The molecule has 9 nitrogen and oxygen atoms in total. The molecule has 11 heteroatoms. The van der Waals surface area contributed by atoms with Gasteiger partial charge in [0.25, 0.3) is 0 Å². The van der Waals surface area contributed by atoms with Gasteiger partial charge in [-0.05, 0) is 18.2 Å². The summed E-state index contributed by atoms with van der Waals surface area (Å²) in [7, 11) is -4.22. The molecule has 124 valence electrons. The number of carbonyl (C=O) groups is 3. The number of ketones is 1. The Morgan fingerprint density at radius 3 is 2.30 bits per heavy atom. The molecule has 0 heterocycles. The van der Waals surface area contributed by atoms with E-state index in [4.69, 9.17) is 27.0 Å². The van der Waals surface area contributed by atoms with Gasteiger partial charge < -0.3 is 15.5 Å². The number of carboxylic acid groups (broad SMARTS) is 2. The molecule has 0 aliphatic heterocycles. The first-order valence-electron chi connectivity index (χ1n) is 5.79. The Kier molecular flexibility index (Phi) is 5.85. The molecular weight excluding hydrogens is 352 g/mol. The molecule has 0 amide bonds. The third-order valence-electron chi connectivity index (χ3n) is 2.47. The number of primary sulfonamides is 1. The topological polar surface area (TPSA) is 164 Å². The van der Waals surface area contributed by atoms with Crippen molar-refractivity contribution in [3.8, 4) is 0 Å².